The van der Waals surface area contributed by atoms with E-state index in [1.165, 1.54) is 12.1 Å². The molecule has 2 aliphatic heterocycles. The summed E-state index contributed by atoms with van der Waals surface area (Å²) in [5.41, 5.74) is 9.71. The molecule has 0 aliphatic carbocycles. The summed E-state index contributed by atoms with van der Waals surface area (Å²) in [5.74, 6) is -1.88. The first-order chi connectivity index (χ1) is 15.8. The van der Waals surface area contributed by atoms with Crippen molar-refractivity contribution in [2.45, 2.75) is 57.7 Å². The molecule has 171 valence electrons. The van der Waals surface area contributed by atoms with Crippen molar-refractivity contribution < 1.29 is 18.4 Å². The van der Waals surface area contributed by atoms with Gasteiger partial charge in [0.25, 0.3) is 18.7 Å². The number of carbonyl (C=O) groups is 2. The lowest BCUT2D eigenvalue weighted by Gasteiger charge is -2.15. The molecule has 0 saturated heterocycles. The molecule has 4 N–H and O–H groups in total. The minimum atomic E-state index is -0.545. The molecule has 4 rings (SSSR count). The van der Waals surface area contributed by atoms with Gasteiger partial charge in [0.15, 0.2) is 7.28 Å². The number of rotatable bonds is 8. The van der Waals surface area contributed by atoms with Crippen molar-refractivity contribution >= 4 is 36.9 Å². The summed E-state index contributed by atoms with van der Waals surface area (Å²) in [4.78, 5) is 24.9. The molecule has 2 aliphatic rings. The van der Waals surface area contributed by atoms with Crippen LogP contribution in [0.15, 0.2) is 24.3 Å². The number of nitrogens with one attached hydrogen (secondary N) is 2. The second kappa shape index (κ2) is 10.1. The van der Waals surface area contributed by atoms with Crippen LogP contribution in [-0.2, 0) is 12.8 Å². The van der Waals surface area contributed by atoms with Crippen LogP contribution >= 0.6 is 0 Å². The molecule has 1 radical (unpaired) electrons. The molecular weight excluding hydrogens is 422 g/mol. The minimum absolute atomic E-state index is 0.0532. The highest BCUT2D eigenvalue weighted by molar-refractivity contribution is 6.72. The zero-order valence-corrected chi connectivity index (χ0v) is 18.8. The molecule has 33 heavy (non-hydrogen) atoms. The molecule has 0 fully saturated rings. The number of fused-ring (bicyclic) bond motifs is 2. The van der Waals surface area contributed by atoms with Crippen LogP contribution in [0.25, 0.3) is 0 Å². The summed E-state index contributed by atoms with van der Waals surface area (Å²) in [7, 11) is 1.98. The normalized spacial score (nSPS) is 15.0. The Labute approximate surface area is 194 Å². The van der Waals surface area contributed by atoms with E-state index < -0.39 is 23.4 Å². The van der Waals surface area contributed by atoms with Crippen LogP contribution in [-0.4, -0.2) is 38.5 Å². The molecule has 0 spiro atoms. The summed E-state index contributed by atoms with van der Waals surface area (Å²) in [5, 5.41) is 5.62. The Balaban J connectivity index is 1.20. The molecule has 0 saturated carbocycles. The number of aryl methyl sites for hydroxylation is 2. The van der Waals surface area contributed by atoms with Crippen LogP contribution in [0.3, 0.4) is 0 Å². The van der Waals surface area contributed by atoms with Crippen LogP contribution in [0.2, 0.25) is 12.6 Å². The largest absolute Gasteiger partial charge is 0.366 e. The van der Waals surface area contributed by atoms with Crippen LogP contribution in [0.1, 0.15) is 58.0 Å². The van der Waals surface area contributed by atoms with Crippen molar-refractivity contribution in [2.24, 2.45) is 5.64 Å². The second-order valence-electron chi connectivity index (χ2n) is 9.08. The smallest absolute Gasteiger partial charge is 0.254 e. The molecule has 0 aromatic heterocycles. The Hall–Kier alpha value is -2.67. The molecule has 5 nitrogen and oxygen atoms in total. The highest BCUT2D eigenvalue weighted by Crippen LogP contribution is 2.18. The van der Waals surface area contributed by atoms with Gasteiger partial charge in [-0.2, -0.15) is 0 Å². The summed E-state index contributed by atoms with van der Waals surface area (Å²) in [6.45, 7) is 2.12. The third-order valence-corrected chi connectivity index (χ3v) is 6.58. The van der Waals surface area contributed by atoms with E-state index >= 15 is 0 Å². The molecule has 2 aromatic rings. The Kier molecular flexibility index (Phi) is 7.17. The first-order valence-corrected chi connectivity index (χ1v) is 11.7. The van der Waals surface area contributed by atoms with Gasteiger partial charge in [-0.05, 0) is 63.3 Å². The van der Waals surface area contributed by atoms with Crippen LogP contribution in [0, 0.1) is 11.6 Å². The van der Waals surface area contributed by atoms with Gasteiger partial charge in [0.2, 0.25) is 0 Å². The maximum atomic E-state index is 14.3. The first kappa shape index (κ1) is 23.5. The summed E-state index contributed by atoms with van der Waals surface area (Å²) < 4.78 is 28.6. The fourth-order valence-corrected chi connectivity index (χ4v) is 4.68. The van der Waals surface area contributed by atoms with E-state index in [0.29, 0.717) is 19.4 Å². The molecule has 1 unspecified atom stereocenters. The van der Waals surface area contributed by atoms with Gasteiger partial charge >= 0.3 is 0 Å². The van der Waals surface area contributed by atoms with Crippen LogP contribution in [0.4, 0.5) is 8.78 Å². The van der Waals surface area contributed by atoms with E-state index in [1.807, 2.05) is 14.2 Å². The third-order valence-electron chi connectivity index (χ3n) is 6.58. The number of hydrogen-bond donors (Lipinski definition) is 3. The van der Waals surface area contributed by atoms with Gasteiger partial charge in [-0.15, -0.1) is 0 Å². The van der Waals surface area contributed by atoms with Gasteiger partial charge in [0.1, 0.15) is 11.6 Å². The highest BCUT2D eigenvalue weighted by Gasteiger charge is 2.26. The van der Waals surface area contributed by atoms with Crippen molar-refractivity contribution in [1.82, 2.24) is 10.6 Å². The number of nitrogens with two attached hydrogens (primary N) is 1. The van der Waals surface area contributed by atoms with E-state index in [2.05, 4.69) is 10.6 Å². The van der Waals surface area contributed by atoms with Gasteiger partial charge in [0.05, 0.1) is 11.1 Å². The zero-order chi connectivity index (χ0) is 23.5. The molecular formula is C24H28B2F2N3O2. The summed E-state index contributed by atoms with van der Waals surface area (Å²) in [6.07, 6.45) is 5.37. The van der Waals surface area contributed by atoms with Crippen molar-refractivity contribution in [3.8, 4) is 0 Å². The zero-order valence-electron chi connectivity index (χ0n) is 18.8. The van der Waals surface area contributed by atoms with Crippen LogP contribution < -0.4 is 27.2 Å². The lowest BCUT2D eigenvalue weighted by atomic mass is 9.59. The van der Waals surface area contributed by atoms with Crippen molar-refractivity contribution in [3.63, 3.8) is 0 Å². The second-order valence-corrected chi connectivity index (χ2v) is 9.08. The van der Waals surface area contributed by atoms with Gasteiger partial charge in [-0.3, -0.25) is 9.59 Å². The Morgan fingerprint density at radius 2 is 1.79 bits per heavy atom. The minimum Gasteiger partial charge on any atom is -0.366 e. The van der Waals surface area contributed by atoms with Crippen molar-refractivity contribution in [2.75, 3.05) is 6.54 Å². The van der Waals surface area contributed by atoms with E-state index in [9.17, 15) is 18.4 Å². The lowest BCUT2D eigenvalue weighted by molar-refractivity contribution is 0.0932. The molecule has 2 amide bonds. The van der Waals surface area contributed by atoms with Gasteiger partial charge in [-0.1, -0.05) is 34.7 Å². The molecule has 2 aromatic carbocycles. The van der Waals surface area contributed by atoms with E-state index in [0.717, 1.165) is 54.0 Å². The Morgan fingerprint density at radius 3 is 2.61 bits per heavy atom. The maximum absolute atomic E-state index is 14.3. The molecule has 0 bridgehead atoms. The SMILES string of the molecule is CC(CCCCNC(=O)c1cc2c(cc1F)B(N)CC2)NC(=O)c1cc2c(cc1F)[B]CC2. The van der Waals surface area contributed by atoms with Crippen molar-refractivity contribution in [1.29, 1.82) is 0 Å². The van der Waals surface area contributed by atoms with E-state index in [1.54, 1.807) is 12.1 Å². The number of hydrogen-bond acceptors (Lipinski definition) is 3. The highest BCUT2D eigenvalue weighted by atomic mass is 19.1. The van der Waals surface area contributed by atoms with Crippen LogP contribution in [0.5, 0.6) is 0 Å². The molecule has 2 heterocycles. The quantitative estimate of drug-likeness (QED) is 0.423. The fraction of sp³-hybridized carbons (Fsp3) is 0.417. The summed E-state index contributed by atoms with van der Waals surface area (Å²) in [6, 6.07) is 5.95. The van der Waals surface area contributed by atoms with Gasteiger partial charge in [-0.25, -0.2) is 8.78 Å². The lowest BCUT2D eigenvalue weighted by Crippen LogP contribution is -2.37. The van der Waals surface area contributed by atoms with Gasteiger partial charge < -0.3 is 16.3 Å². The number of amides is 2. The fourth-order valence-electron chi connectivity index (χ4n) is 4.68. The average molecular weight is 450 g/mol. The predicted octanol–water partition coefficient (Wildman–Crippen LogP) is 1.70. The monoisotopic (exact) mass is 450 g/mol. The van der Waals surface area contributed by atoms with E-state index in [-0.39, 0.29) is 24.0 Å². The molecule has 9 heteroatoms. The maximum Gasteiger partial charge on any atom is 0.254 e. The predicted molar refractivity (Wildman–Crippen MR) is 128 cm³/mol. The van der Waals surface area contributed by atoms with Gasteiger partial charge in [0, 0.05) is 12.6 Å². The topological polar surface area (TPSA) is 84.2 Å². The standard InChI is InChI=1S/C24H28B2F2N3O2/c1-14(31-24(33)18-10-15-5-7-25-19(15)12-21(18)27)4-2-3-9-30-23(32)17-11-16-6-8-26(29)20(16)13-22(17)28/h10-14H,2-9,29H2,1H3,(H,30,32)(H,31,33). The van der Waals surface area contributed by atoms with Crippen molar-refractivity contribution in [3.05, 3.63) is 58.2 Å². The first-order valence-electron chi connectivity index (χ1n) is 11.7. The molecule has 1 atom stereocenters. The third kappa shape index (κ3) is 5.29. The number of carbonyl (C=O) groups excluding carboxylic acids is 2. The number of halogens is 2. The number of benzene rings is 2. The summed E-state index contributed by atoms with van der Waals surface area (Å²) >= 11 is 0. The Bertz CT molecular complexity index is 1080. The number of unbranched alkanes of at least 4 members (excludes halogenated alkanes) is 1. The Morgan fingerprint density at radius 1 is 1.06 bits per heavy atom. The van der Waals surface area contributed by atoms with E-state index in [4.69, 9.17) is 5.64 Å². The average Bonchev–Trinajstić information content (AvgIpc) is 3.38.